The van der Waals surface area contributed by atoms with Crippen molar-refractivity contribution >= 4 is 33.3 Å². The first-order chi connectivity index (χ1) is 10.6. The molecule has 0 saturated carbocycles. The van der Waals surface area contributed by atoms with Gasteiger partial charge in [-0.3, -0.25) is 4.79 Å². The van der Waals surface area contributed by atoms with E-state index in [1.165, 1.54) is 0 Å². The van der Waals surface area contributed by atoms with Gasteiger partial charge in [-0.15, -0.1) is 0 Å². The van der Waals surface area contributed by atoms with Crippen LogP contribution in [0.3, 0.4) is 0 Å². The molecule has 0 aliphatic rings. The van der Waals surface area contributed by atoms with Crippen molar-refractivity contribution in [2.24, 2.45) is 0 Å². The maximum atomic E-state index is 12.2. The number of carbonyl (C=O) groups is 1. The molecular weight excluding hydrogens is 364 g/mol. The van der Waals surface area contributed by atoms with Crippen LogP contribution in [0.25, 0.3) is 11.3 Å². The SMILES string of the molecule is O=C(Cc1ccc(-c2ccc(Cl)cc2)o1)c1ccc(Br)cc1. The highest BCUT2D eigenvalue weighted by atomic mass is 79.9. The summed E-state index contributed by atoms with van der Waals surface area (Å²) in [6, 6.07) is 18.4. The van der Waals surface area contributed by atoms with Gasteiger partial charge in [0.15, 0.2) is 5.78 Å². The normalized spacial score (nSPS) is 10.6. The van der Waals surface area contributed by atoms with E-state index in [9.17, 15) is 4.79 Å². The van der Waals surface area contributed by atoms with Gasteiger partial charge in [-0.2, -0.15) is 0 Å². The number of hydrogen-bond acceptors (Lipinski definition) is 2. The van der Waals surface area contributed by atoms with E-state index in [1.807, 2.05) is 48.5 Å². The number of furan rings is 1. The summed E-state index contributed by atoms with van der Waals surface area (Å²) in [4.78, 5) is 12.2. The van der Waals surface area contributed by atoms with Crippen molar-refractivity contribution in [2.75, 3.05) is 0 Å². The van der Waals surface area contributed by atoms with E-state index < -0.39 is 0 Å². The molecule has 0 amide bonds. The lowest BCUT2D eigenvalue weighted by atomic mass is 10.1. The van der Waals surface area contributed by atoms with Crippen LogP contribution in [-0.2, 0) is 6.42 Å². The largest absolute Gasteiger partial charge is 0.461 e. The van der Waals surface area contributed by atoms with Crippen molar-refractivity contribution in [3.63, 3.8) is 0 Å². The molecule has 0 aliphatic heterocycles. The lowest BCUT2D eigenvalue weighted by molar-refractivity contribution is 0.0987. The smallest absolute Gasteiger partial charge is 0.170 e. The Morgan fingerprint density at radius 1 is 0.955 bits per heavy atom. The fourth-order valence-corrected chi connectivity index (χ4v) is 2.53. The van der Waals surface area contributed by atoms with E-state index in [1.54, 1.807) is 12.1 Å². The fourth-order valence-electron chi connectivity index (χ4n) is 2.14. The van der Waals surface area contributed by atoms with E-state index in [-0.39, 0.29) is 12.2 Å². The number of ketones is 1. The highest BCUT2D eigenvalue weighted by Crippen LogP contribution is 2.24. The lowest BCUT2D eigenvalue weighted by Gasteiger charge is -2.00. The molecule has 0 unspecified atom stereocenters. The second kappa shape index (κ2) is 6.51. The Hall–Kier alpha value is -1.84. The Bertz CT molecular complexity index is 789. The minimum atomic E-state index is 0.0320. The molecule has 2 nitrogen and oxygen atoms in total. The molecule has 0 bridgehead atoms. The highest BCUT2D eigenvalue weighted by Gasteiger charge is 2.11. The minimum Gasteiger partial charge on any atom is -0.461 e. The first kappa shape index (κ1) is 15.1. The van der Waals surface area contributed by atoms with Crippen LogP contribution < -0.4 is 0 Å². The Morgan fingerprint density at radius 2 is 1.64 bits per heavy atom. The van der Waals surface area contributed by atoms with Crippen molar-refractivity contribution < 1.29 is 9.21 Å². The quantitative estimate of drug-likeness (QED) is 0.540. The van der Waals surface area contributed by atoms with Gasteiger partial charge >= 0.3 is 0 Å². The second-order valence-corrected chi connectivity index (χ2v) is 6.23. The van der Waals surface area contributed by atoms with Gasteiger partial charge in [0.25, 0.3) is 0 Å². The van der Waals surface area contributed by atoms with Gasteiger partial charge in [0.2, 0.25) is 0 Å². The summed E-state index contributed by atoms with van der Waals surface area (Å²) >= 11 is 9.23. The Kier molecular flexibility index (Phi) is 4.46. The first-order valence-electron chi connectivity index (χ1n) is 6.75. The molecule has 0 saturated heterocycles. The van der Waals surface area contributed by atoms with Crippen molar-refractivity contribution in [1.82, 2.24) is 0 Å². The molecule has 2 aromatic carbocycles. The third kappa shape index (κ3) is 3.49. The van der Waals surface area contributed by atoms with Gasteiger partial charge in [0.1, 0.15) is 11.5 Å². The Morgan fingerprint density at radius 3 is 2.32 bits per heavy atom. The number of hydrogen-bond donors (Lipinski definition) is 0. The van der Waals surface area contributed by atoms with Crippen LogP contribution in [0.15, 0.2) is 69.6 Å². The maximum Gasteiger partial charge on any atom is 0.170 e. The van der Waals surface area contributed by atoms with Crippen molar-refractivity contribution in [3.8, 4) is 11.3 Å². The standard InChI is InChI=1S/C18H12BrClO2/c19-14-5-1-12(2-6-14)17(21)11-16-9-10-18(22-16)13-3-7-15(20)8-4-13/h1-10H,11H2. The van der Waals surface area contributed by atoms with Crippen molar-refractivity contribution in [3.05, 3.63) is 81.5 Å². The first-order valence-corrected chi connectivity index (χ1v) is 7.92. The zero-order valence-electron chi connectivity index (χ0n) is 11.6. The molecule has 0 aliphatic carbocycles. The summed E-state index contributed by atoms with van der Waals surface area (Å²) in [5.74, 6) is 1.41. The number of halogens is 2. The van der Waals surface area contributed by atoms with Crippen LogP contribution in [0.4, 0.5) is 0 Å². The molecule has 1 aromatic heterocycles. The molecule has 4 heteroatoms. The van der Waals surface area contributed by atoms with E-state index >= 15 is 0 Å². The zero-order valence-corrected chi connectivity index (χ0v) is 13.9. The lowest BCUT2D eigenvalue weighted by Crippen LogP contribution is -2.02. The van der Waals surface area contributed by atoms with Gasteiger partial charge in [-0.1, -0.05) is 39.7 Å². The van der Waals surface area contributed by atoms with E-state index in [0.717, 1.165) is 15.8 Å². The van der Waals surface area contributed by atoms with Gasteiger partial charge in [0, 0.05) is 20.6 Å². The molecule has 0 spiro atoms. The molecule has 0 radical (unpaired) electrons. The molecule has 110 valence electrons. The summed E-state index contributed by atoms with van der Waals surface area (Å²) in [5, 5.41) is 0.681. The van der Waals surface area contributed by atoms with Gasteiger partial charge in [0.05, 0.1) is 6.42 Å². The summed E-state index contributed by atoms with van der Waals surface area (Å²) in [7, 11) is 0. The predicted octanol–water partition coefficient (Wildman–Crippen LogP) is 5.79. The molecule has 1 heterocycles. The van der Waals surface area contributed by atoms with Crippen molar-refractivity contribution in [1.29, 1.82) is 0 Å². The Balaban J connectivity index is 1.75. The maximum absolute atomic E-state index is 12.2. The molecule has 3 aromatic rings. The van der Waals surface area contributed by atoms with E-state index in [4.69, 9.17) is 16.0 Å². The van der Waals surface area contributed by atoms with Crippen LogP contribution in [-0.4, -0.2) is 5.78 Å². The number of rotatable bonds is 4. The minimum absolute atomic E-state index is 0.0320. The highest BCUT2D eigenvalue weighted by molar-refractivity contribution is 9.10. The average molecular weight is 376 g/mol. The number of benzene rings is 2. The molecular formula is C18H12BrClO2. The van der Waals surface area contributed by atoms with Crippen molar-refractivity contribution in [2.45, 2.75) is 6.42 Å². The molecule has 3 rings (SSSR count). The summed E-state index contributed by atoms with van der Waals surface area (Å²) in [6.07, 6.45) is 0.245. The third-order valence-corrected chi connectivity index (χ3v) is 4.07. The van der Waals surface area contributed by atoms with E-state index in [0.29, 0.717) is 16.3 Å². The molecule has 0 N–H and O–H groups in total. The summed E-state index contributed by atoms with van der Waals surface area (Å²) in [6.45, 7) is 0. The fraction of sp³-hybridized carbons (Fsp3) is 0.0556. The molecule has 0 atom stereocenters. The van der Waals surface area contributed by atoms with Gasteiger partial charge in [-0.05, 0) is 48.5 Å². The van der Waals surface area contributed by atoms with Gasteiger partial charge in [-0.25, -0.2) is 0 Å². The summed E-state index contributed by atoms with van der Waals surface area (Å²) in [5.41, 5.74) is 1.61. The third-order valence-electron chi connectivity index (χ3n) is 3.29. The van der Waals surface area contributed by atoms with Crippen LogP contribution in [0.2, 0.25) is 5.02 Å². The predicted molar refractivity (Wildman–Crippen MR) is 91.3 cm³/mol. The second-order valence-electron chi connectivity index (χ2n) is 4.88. The number of Topliss-reactive ketones (excluding diaryl/α,β-unsaturated/α-hetero) is 1. The van der Waals surface area contributed by atoms with Crippen LogP contribution in [0.1, 0.15) is 16.1 Å². The molecule has 0 fully saturated rings. The van der Waals surface area contributed by atoms with Crippen LogP contribution in [0, 0.1) is 0 Å². The topological polar surface area (TPSA) is 30.2 Å². The Labute approximate surface area is 141 Å². The molecule has 22 heavy (non-hydrogen) atoms. The average Bonchev–Trinajstić information content (AvgIpc) is 2.97. The van der Waals surface area contributed by atoms with Crippen LogP contribution in [0.5, 0.6) is 0 Å². The number of carbonyl (C=O) groups excluding carboxylic acids is 1. The zero-order chi connectivity index (χ0) is 15.5. The van der Waals surface area contributed by atoms with Gasteiger partial charge < -0.3 is 4.42 Å². The van der Waals surface area contributed by atoms with Crippen LogP contribution >= 0.6 is 27.5 Å². The monoisotopic (exact) mass is 374 g/mol. The summed E-state index contributed by atoms with van der Waals surface area (Å²) < 4.78 is 6.70. The van der Waals surface area contributed by atoms with E-state index in [2.05, 4.69) is 15.9 Å².